The van der Waals surface area contributed by atoms with E-state index in [1.54, 1.807) is 6.92 Å². The van der Waals surface area contributed by atoms with Crippen molar-refractivity contribution in [2.24, 2.45) is 0 Å². The van der Waals surface area contributed by atoms with Crippen LogP contribution in [0.25, 0.3) is 0 Å². The number of carbonyl (C=O) groups is 1. The van der Waals surface area contributed by atoms with Crippen LogP contribution in [0.2, 0.25) is 0 Å². The molecular weight excluding hydrogens is 254 g/mol. The number of aromatic carboxylic acids is 1. The monoisotopic (exact) mass is 277 g/mol. The highest BCUT2D eigenvalue weighted by atomic mass is 16.4. The fraction of sp³-hybridized carbons (Fsp3) is 0.600. The fourth-order valence-electron chi connectivity index (χ4n) is 3.00. The molecule has 5 heteroatoms. The molecule has 0 amide bonds. The Balaban J connectivity index is 2.28. The van der Waals surface area contributed by atoms with Crippen LogP contribution in [0.5, 0.6) is 0 Å². The molecule has 0 aliphatic carbocycles. The highest BCUT2D eigenvalue weighted by Crippen LogP contribution is 2.25. The molecule has 1 aliphatic heterocycles. The van der Waals surface area contributed by atoms with Gasteiger partial charge in [-0.25, -0.2) is 4.79 Å². The molecule has 1 saturated heterocycles. The van der Waals surface area contributed by atoms with Gasteiger partial charge in [0.2, 0.25) is 0 Å². The Morgan fingerprint density at radius 3 is 2.80 bits per heavy atom. The summed E-state index contributed by atoms with van der Waals surface area (Å²) in [5, 5.41) is 9.42. The highest BCUT2D eigenvalue weighted by Gasteiger charge is 2.25. The maximum absolute atomic E-state index is 11.5. The van der Waals surface area contributed by atoms with Crippen molar-refractivity contribution in [2.75, 3.05) is 32.1 Å². The van der Waals surface area contributed by atoms with Gasteiger partial charge in [0.05, 0.1) is 11.4 Å². The predicted octanol–water partition coefficient (Wildman–Crippen LogP) is 1.93. The summed E-state index contributed by atoms with van der Waals surface area (Å²) in [6.45, 7) is 5.63. The molecule has 0 aromatic carbocycles. The first-order chi connectivity index (χ1) is 9.40. The van der Waals surface area contributed by atoms with E-state index in [-0.39, 0.29) is 0 Å². The SMILES string of the molecule is Cc1cc(N(C)CC2CCCN2C)c(C(=O)O)c(C)n1. The number of nitrogens with zero attached hydrogens (tertiary/aromatic N) is 3. The number of carboxylic acid groups (broad SMARTS) is 1. The second-order valence-corrected chi connectivity index (χ2v) is 5.71. The molecule has 110 valence electrons. The Morgan fingerprint density at radius 1 is 1.55 bits per heavy atom. The summed E-state index contributed by atoms with van der Waals surface area (Å²) in [7, 11) is 4.10. The number of likely N-dealkylation sites (N-methyl/N-ethyl adjacent to an activating group) is 2. The van der Waals surface area contributed by atoms with Gasteiger partial charge in [0.25, 0.3) is 0 Å². The maximum Gasteiger partial charge on any atom is 0.339 e. The summed E-state index contributed by atoms with van der Waals surface area (Å²) in [4.78, 5) is 20.1. The van der Waals surface area contributed by atoms with Gasteiger partial charge >= 0.3 is 5.97 Å². The van der Waals surface area contributed by atoms with E-state index >= 15 is 0 Å². The lowest BCUT2D eigenvalue weighted by Crippen LogP contribution is -2.37. The third kappa shape index (κ3) is 2.93. The third-order valence-electron chi connectivity index (χ3n) is 4.09. The number of rotatable bonds is 4. The fourth-order valence-corrected chi connectivity index (χ4v) is 3.00. The van der Waals surface area contributed by atoms with Gasteiger partial charge in [0.1, 0.15) is 5.56 Å². The Morgan fingerprint density at radius 2 is 2.25 bits per heavy atom. The van der Waals surface area contributed by atoms with Crippen LogP contribution >= 0.6 is 0 Å². The van der Waals surface area contributed by atoms with E-state index < -0.39 is 5.97 Å². The summed E-state index contributed by atoms with van der Waals surface area (Å²) in [5.74, 6) is -0.906. The van der Waals surface area contributed by atoms with Crippen molar-refractivity contribution in [2.45, 2.75) is 32.7 Å². The van der Waals surface area contributed by atoms with Gasteiger partial charge in [0.15, 0.2) is 0 Å². The number of aryl methyl sites for hydroxylation is 2. The van der Waals surface area contributed by atoms with Crippen molar-refractivity contribution in [3.63, 3.8) is 0 Å². The highest BCUT2D eigenvalue weighted by molar-refractivity contribution is 5.95. The molecule has 1 atom stereocenters. The van der Waals surface area contributed by atoms with E-state index in [4.69, 9.17) is 0 Å². The standard InChI is InChI=1S/C15H23N3O2/c1-10-8-13(14(15(19)20)11(2)16-10)18(4)9-12-6-5-7-17(12)3/h8,12H,5-7,9H2,1-4H3,(H,19,20). The molecular formula is C15H23N3O2. The average molecular weight is 277 g/mol. The van der Waals surface area contributed by atoms with Crippen LogP contribution in [0.3, 0.4) is 0 Å². The van der Waals surface area contributed by atoms with Crippen molar-refractivity contribution in [3.8, 4) is 0 Å². The van der Waals surface area contributed by atoms with E-state index in [2.05, 4.69) is 21.8 Å². The van der Waals surface area contributed by atoms with Crippen LogP contribution in [0, 0.1) is 13.8 Å². The van der Waals surface area contributed by atoms with Gasteiger partial charge in [-0.2, -0.15) is 0 Å². The van der Waals surface area contributed by atoms with Crippen molar-refractivity contribution in [1.82, 2.24) is 9.88 Å². The topological polar surface area (TPSA) is 56.7 Å². The van der Waals surface area contributed by atoms with Gasteiger partial charge < -0.3 is 14.9 Å². The Kier molecular flexibility index (Phi) is 4.28. The number of likely N-dealkylation sites (tertiary alicyclic amines) is 1. The molecule has 1 unspecified atom stereocenters. The third-order valence-corrected chi connectivity index (χ3v) is 4.09. The Labute approximate surface area is 120 Å². The molecule has 0 radical (unpaired) electrons. The molecule has 1 fully saturated rings. The number of aromatic nitrogens is 1. The minimum absolute atomic E-state index is 0.318. The first-order valence-electron chi connectivity index (χ1n) is 7.03. The van der Waals surface area contributed by atoms with Gasteiger partial charge in [-0.05, 0) is 46.3 Å². The van der Waals surface area contributed by atoms with Gasteiger partial charge in [-0.3, -0.25) is 4.98 Å². The lowest BCUT2D eigenvalue weighted by molar-refractivity contribution is 0.0696. The number of hydrogen-bond acceptors (Lipinski definition) is 4. The molecule has 2 heterocycles. The minimum atomic E-state index is -0.906. The van der Waals surface area contributed by atoms with E-state index in [0.29, 0.717) is 17.3 Å². The van der Waals surface area contributed by atoms with Crippen LogP contribution in [0.1, 0.15) is 34.6 Å². The van der Waals surface area contributed by atoms with Gasteiger partial charge in [-0.15, -0.1) is 0 Å². The predicted molar refractivity (Wildman–Crippen MR) is 79.6 cm³/mol. The van der Waals surface area contributed by atoms with Crippen molar-refractivity contribution < 1.29 is 9.90 Å². The molecule has 0 spiro atoms. The van der Waals surface area contributed by atoms with E-state index in [9.17, 15) is 9.90 Å². The van der Waals surface area contributed by atoms with Crippen molar-refractivity contribution >= 4 is 11.7 Å². The molecule has 20 heavy (non-hydrogen) atoms. The zero-order valence-corrected chi connectivity index (χ0v) is 12.7. The summed E-state index contributed by atoms with van der Waals surface area (Å²) >= 11 is 0. The maximum atomic E-state index is 11.5. The number of pyridine rings is 1. The smallest absolute Gasteiger partial charge is 0.339 e. The van der Waals surface area contributed by atoms with E-state index in [1.807, 2.05) is 20.0 Å². The van der Waals surface area contributed by atoms with Crippen LogP contribution < -0.4 is 4.90 Å². The van der Waals surface area contributed by atoms with Gasteiger partial charge in [-0.1, -0.05) is 0 Å². The van der Waals surface area contributed by atoms with Gasteiger partial charge in [0, 0.05) is 25.3 Å². The summed E-state index contributed by atoms with van der Waals surface area (Å²) in [6, 6.07) is 2.36. The lowest BCUT2D eigenvalue weighted by Gasteiger charge is -2.28. The zero-order valence-electron chi connectivity index (χ0n) is 12.7. The largest absolute Gasteiger partial charge is 0.478 e. The van der Waals surface area contributed by atoms with Crippen molar-refractivity contribution in [1.29, 1.82) is 0 Å². The summed E-state index contributed by atoms with van der Waals surface area (Å²) in [6.07, 6.45) is 2.39. The lowest BCUT2D eigenvalue weighted by atomic mass is 10.1. The van der Waals surface area contributed by atoms with Crippen LogP contribution in [0.15, 0.2) is 6.07 Å². The normalized spacial score (nSPS) is 19.3. The molecule has 1 aromatic heterocycles. The van der Waals surface area contributed by atoms with Crippen molar-refractivity contribution in [3.05, 3.63) is 23.0 Å². The first kappa shape index (κ1) is 14.8. The second kappa shape index (κ2) is 5.79. The number of hydrogen-bond donors (Lipinski definition) is 1. The van der Waals surface area contributed by atoms with Crippen LogP contribution in [-0.4, -0.2) is 54.2 Å². The number of anilines is 1. The average Bonchev–Trinajstić information content (AvgIpc) is 2.73. The number of carboxylic acids is 1. The molecule has 1 N–H and O–H groups in total. The summed E-state index contributed by atoms with van der Waals surface area (Å²) < 4.78 is 0. The minimum Gasteiger partial charge on any atom is -0.478 e. The zero-order chi connectivity index (χ0) is 14.9. The molecule has 1 aromatic rings. The Hall–Kier alpha value is -1.62. The van der Waals surface area contributed by atoms with Crippen LogP contribution in [0.4, 0.5) is 5.69 Å². The van der Waals surface area contributed by atoms with E-state index in [0.717, 1.165) is 24.5 Å². The second-order valence-electron chi connectivity index (χ2n) is 5.71. The molecule has 2 rings (SSSR count). The Bertz CT molecular complexity index is 516. The molecule has 1 aliphatic rings. The molecule has 0 bridgehead atoms. The van der Waals surface area contributed by atoms with Crippen LogP contribution in [-0.2, 0) is 0 Å². The molecule has 0 saturated carbocycles. The quantitative estimate of drug-likeness (QED) is 0.911. The van der Waals surface area contributed by atoms with E-state index in [1.165, 1.54) is 12.8 Å². The molecule has 5 nitrogen and oxygen atoms in total. The first-order valence-corrected chi connectivity index (χ1v) is 7.03. The summed E-state index contributed by atoms with van der Waals surface area (Å²) in [5.41, 5.74) is 2.52.